The van der Waals surface area contributed by atoms with Crippen molar-refractivity contribution in [2.75, 3.05) is 13.6 Å². The van der Waals surface area contributed by atoms with Crippen molar-refractivity contribution in [2.45, 2.75) is 57.1 Å². The van der Waals surface area contributed by atoms with Gasteiger partial charge in [-0.25, -0.2) is 12.8 Å². The molecule has 0 fully saturated rings. The number of hydrogen-bond acceptors (Lipinski definition) is 5. The van der Waals surface area contributed by atoms with Crippen LogP contribution in [-0.2, 0) is 24.3 Å². The fraction of sp³-hybridized carbons (Fsp3) is 0.556. The highest BCUT2D eigenvalue weighted by atomic mass is 32.2. The van der Waals surface area contributed by atoms with E-state index in [4.69, 9.17) is 4.74 Å². The molecule has 27 heavy (non-hydrogen) atoms. The predicted octanol–water partition coefficient (Wildman–Crippen LogP) is 2.07. The molecule has 0 aliphatic rings. The Morgan fingerprint density at radius 2 is 1.85 bits per heavy atom. The van der Waals surface area contributed by atoms with Crippen LogP contribution in [0.1, 0.15) is 40.5 Å². The second-order valence-electron chi connectivity index (χ2n) is 7.22. The van der Waals surface area contributed by atoms with Gasteiger partial charge in [0.15, 0.2) is 0 Å². The zero-order valence-corrected chi connectivity index (χ0v) is 17.1. The number of nitrogens with zero attached hydrogens (tertiary/aromatic N) is 1. The highest BCUT2D eigenvalue weighted by molar-refractivity contribution is 7.89. The fourth-order valence-electron chi connectivity index (χ4n) is 2.30. The molecule has 0 aliphatic carbocycles. The number of likely N-dealkylation sites (N-methyl/N-ethyl adjacent to an activating group) is 1. The maximum atomic E-state index is 13.7. The topological polar surface area (TPSA) is 92.8 Å². The molecule has 1 rings (SSSR count). The van der Waals surface area contributed by atoms with Crippen molar-refractivity contribution in [3.63, 3.8) is 0 Å². The third-order valence-corrected chi connectivity index (χ3v) is 5.07. The van der Waals surface area contributed by atoms with E-state index in [1.54, 1.807) is 20.8 Å². The summed E-state index contributed by atoms with van der Waals surface area (Å²) in [5.41, 5.74) is -0.571. The van der Waals surface area contributed by atoms with E-state index in [1.807, 2.05) is 0 Å². The summed E-state index contributed by atoms with van der Waals surface area (Å²) in [5, 5.41) is 0. The molecule has 0 saturated heterocycles. The van der Waals surface area contributed by atoms with Gasteiger partial charge < -0.3 is 9.64 Å². The van der Waals surface area contributed by atoms with Crippen LogP contribution in [0.3, 0.4) is 0 Å². The Hall–Kier alpha value is -2.00. The first kappa shape index (κ1) is 23.0. The Morgan fingerprint density at radius 1 is 1.26 bits per heavy atom. The number of nitrogens with one attached hydrogen (secondary N) is 1. The molecule has 9 heteroatoms. The minimum atomic E-state index is -4.17. The minimum Gasteiger partial charge on any atom is -0.460 e. The van der Waals surface area contributed by atoms with Crippen molar-refractivity contribution in [3.8, 4) is 0 Å². The van der Waals surface area contributed by atoms with E-state index in [0.29, 0.717) is 6.42 Å². The molecule has 0 unspecified atom stereocenters. The average Bonchev–Trinajstić information content (AvgIpc) is 2.52. The number of hydrogen-bond donors (Lipinski definition) is 1. The zero-order chi connectivity index (χ0) is 20.8. The van der Waals surface area contributed by atoms with Gasteiger partial charge >= 0.3 is 5.97 Å². The first-order chi connectivity index (χ1) is 12.3. The molecule has 0 aliphatic heterocycles. The van der Waals surface area contributed by atoms with Crippen LogP contribution in [0.2, 0.25) is 0 Å². The molecule has 1 atom stereocenters. The van der Waals surface area contributed by atoms with Crippen LogP contribution in [0.4, 0.5) is 4.39 Å². The molecule has 152 valence electrons. The lowest BCUT2D eigenvalue weighted by Gasteiger charge is -2.23. The van der Waals surface area contributed by atoms with Gasteiger partial charge in [0, 0.05) is 20.0 Å². The molecule has 7 nitrogen and oxygen atoms in total. The molecule has 0 spiro atoms. The monoisotopic (exact) mass is 402 g/mol. The van der Waals surface area contributed by atoms with Gasteiger partial charge in [0.2, 0.25) is 15.9 Å². The number of sulfonamides is 1. The SMILES string of the molecule is C[C@H](NS(=O)(=O)c1ccccc1F)C(=O)N(C)CCCC(=O)OC(C)(C)C. The summed E-state index contributed by atoms with van der Waals surface area (Å²) in [5.74, 6) is -1.74. The summed E-state index contributed by atoms with van der Waals surface area (Å²) in [7, 11) is -2.66. The molecule has 0 bridgehead atoms. The fourth-order valence-corrected chi connectivity index (χ4v) is 3.58. The van der Waals surface area contributed by atoms with Crippen molar-refractivity contribution in [2.24, 2.45) is 0 Å². The quantitative estimate of drug-likeness (QED) is 0.672. The van der Waals surface area contributed by atoms with Gasteiger partial charge in [-0.3, -0.25) is 9.59 Å². The van der Waals surface area contributed by atoms with E-state index in [9.17, 15) is 22.4 Å². The number of ether oxygens (including phenoxy) is 1. The van der Waals surface area contributed by atoms with Gasteiger partial charge in [0.25, 0.3) is 0 Å². The summed E-state index contributed by atoms with van der Waals surface area (Å²) in [4.78, 5) is 24.8. The molecule has 1 amide bonds. The number of halogens is 1. The lowest BCUT2D eigenvalue weighted by atomic mass is 10.2. The van der Waals surface area contributed by atoms with Crippen LogP contribution in [0.15, 0.2) is 29.2 Å². The summed E-state index contributed by atoms with van der Waals surface area (Å²) >= 11 is 0. The molecule has 0 heterocycles. The predicted molar refractivity (Wildman–Crippen MR) is 98.9 cm³/mol. The van der Waals surface area contributed by atoms with Crippen molar-refractivity contribution < 1.29 is 27.1 Å². The minimum absolute atomic E-state index is 0.143. The van der Waals surface area contributed by atoms with E-state index in [2.05, 4.69) is 4.72 Å². The smallest absolute Gasteiger partial charge is 0.306 e. The van der Waals surface area contributed by atoms with E-state index < -0.39 is 38.3 Å². The van der Waals surface area contributed by atoms with Crippen molar-refractivity contribution in [1.82, 2.24) is 9.62 Å². The number of carbonyl (C=O) groups is 2. The molecular weight excluding hydrogens is 375 g/mol. The van der Waals surface area contributed by atoms with Crippen LogP contribution >= 0.6 is 0 Å². The van der Waals surface area contributed by atoms with Gasteiger partial charge in [0.05, 0.1) is 6.04 Å². The Labute approximate surface area is 159 Å². The highest BCUT2D eigenvalue weighted by Crippen LogP contribution is 2.14. The molecule has 1 N–H and O–H groups in total. The van der Waals surface area contributed by atoms with Gasteiger partial charge in [-0.15, -0.1) is 0 Å². The standard InChI is InChI=1S/C18H27FN2O5S/c1-13(20-27(24,25)15-10-7-6-9-14(15)19)17(23)21(5)12-8-11-16(22)26-18(2,3)4/h6-7,9-10,13,20H,8,11-12H2,1-5H3/t13-/m0/s1. The average molecular weight is 402 g/mol. The van der Waals surface area contributed by atoms with Crippen molar-refractivity contribution in [3.05, 3.63) is 30.1 Å². The molecule has 0 aromatic heterocycles. The Morgan fingerprint density at radius 3 is 2.41 bits per heavy atom. The summed E-state index contributed by atoms with van der Waals surface area (Å²) in [6, 6.07) is 3.85. The Kier molecular flexibility index (Phi) is 7.91. The van der Waals surface area contributed by atoms with Crippen LogP contribution in [0.5, 0.6) is 0 Å². The first-order valence-corrected chi connectivity index (χ1v) is 10.1. The highest BCUT2D eigenvalue weighted by Gasteiger charge is 2.26. The third-order valence-electron chi connectivity index (χ3n) is 3.50. The normalized spacial score (nSPS) is 13.1. The second kappa shape index (κ2) is 9.27. The van der Waals surface area contributed by atoms with Crippen LogP contribution in [0, 0.1) is 5.82 Å². The van der Waals surface area contributed by atoms with Gasteiger partial charge in [-0.05, 0) is 46.2 Å². The van der Waals surface area contributed by atoms with E-state index in [1.165, 1.54) is 31.0 Å². The van der Waals surface area contributed by atoms with Crippen LogP contribution in [-0.4, -0.2) is 50.4 Å². The lowest BCUT2D eigenvalue weighted by Crippen LogP contribution is -2.45. The molecule has 1 aromatic rings. The van der Waals surface area contributed by atoms with E-state index >= 15 is 0 Å². The maximum absolute atomic E-state index is 13.7. The molecule has 0 saturated carbocycles. The lowest BCUT2D eigenvalue weighted by molar-refractivity contribution is -0.155. The largest absolute Gasteiger partial charge is 0.460 e. The van der Waals surface area contributed by atoms with Crippen molar-refractivity contribution in [1.29, 1.82) is 0 Å². The van der Waals surface area contributed by atoms with Gasteiger partial charge in [-0.1, -0.05) is 12.1 Å². The summed E-state index contributed by atoms with van der Waals surface area (Å²) in [6.45, 7) is 6.94. The van der Waals surface area contributed by atoms with Gasteiger partial charge in [0.1, 0.15) is 16.3 Å². The number of esters is 1. The third kappa shape index (κ3) is 7.64. The maximum Gasteiger partial charge on any atom is 0.306 e. The molecule has 0 radical (unpaired) electrons. The number of rotatable bonds is 8. The number of amides is 1. The molecular formula is C18H27FN2O5S. The number of benzene rings is 1. The summed E-state index contributed by atoms with van der Waals surface area (Å²) in [6.07, 6.45) is 0.522. The first-order valence-electron chi connectivity index (χ1n) is 8.57. The van der Waals surface area contributed by atoms with Gasteiger partial charge in [-0.2, -0.15) is 4.72 Å². The van der Waals surface area contributed by atoms with Crippen LogP contribution in [0.25, 0.3) is 0 Å². The summed E-state index contributed by atoms with van der Waals surface area (Å²) < 4.78 is 45.5. The number of carbonyl (C=O) groups excluding carboxylic acids is 2. The van der Waals surface area contributed by atoms with E-state index in [-0.39, 0.29) is 18.9 Å². The zero-order valence-electron chi connectivity index (χ0n) is 16.3. The van der Waals surface area contributed by atoms with E-state index in [0.717, 1.165) is 12.1 Å². The Bertz CT molecular complexity index is 774. The van der Waals surface area contributed by atoms with Crippen LogP contribution < -0.4 is 4.72 Å². The molecule has 1 aromatic carbocycles. The van der Waals surface area contributed by atoms with Crippen molar-refractivity contribution >= 4 is 21.9 Å². The Balaban J connectivity index is 2.58. The second-order valence-corrected chi connectivity index (χ2v) is 8.91.